The zero-order valence-electron chi connectivity index (χ0n) is 16.5. The molecular weight excluding hydrogens is 468 g/mol. The van der Waals surface area contributed by atoms with E-state index in [2.05, 4.69) is 4.98 Å². The van der Waals surface area contributed by atoms with Crippen molar-refractivity contribution in [3.63, 3.8) is 0 Å². The molecule has 166 valence electrons. The van der Waals surface area contributed by atoms with Crippen LogP contribution in [-0.2, 0) is 6.61 Å². The first-order valence-corrected chi connectivity index (χ1v) is 9.84. The number of pyridine rings is 1. The molecule has 2 aromatic carbocycles. The quantitative estimate of drug-likeness (QED) is 0.367. The molecule has 3 aromatic rings. The molecule has 0 radical (unpaired) electrons. The molecule has 0 fully saturated rings. The fourth-order valence-electron chi connectivity index (χ4n) is 2.67. The second-order valence-electron chi connectivity index (χ2n) is 6.59. The van der Waals surface area contributed by atoms with Gasteiger partial charge in [-0.1, -0.05) is 23.2 Å². The normalized spacial score (nSPS) is 11.0. The number of alkyl halides is 3. The van der Waals surface area contributed by atoms with E-state index in [1.165, 1.54) is 24.4 Å². The van der Waals surface area contributed by atoms with E-state index in [0.717, 1.165) is 0 Å². The summed E-state index contributed by atoms with van der Waals surface area (Å²) in [5.41, 5.74) is 1.17. The summed E-state index contributed by atoms with van der Waals surface area (Å²) in [6.07, 6.45) is -3.10. The number of hydrogen-bond donors (Lipinski definition) is 0. The van der Waals surface area contributed by atoms with Gasteiger partial charge in [0.1, 0.15) is 29.6 Å². The summed E-state index contributed by atoms with van der Waals surface area (Å²) in [4.78, 5) is 4.14. The zero-order valence-corrected chi connectivity index (χ0v) is 18.1. The Balaban J connectivity index is 1.73. The number of benzene rings is 2. The lowest BCUT2D eigenvalue weighted by atomic mass is 10.2. The third kappa shape index (κ3) is 6.67. The van der Waals surface area contributed by atoms with Gasteiger partial charge < -0.3 is 14.2 Å². The largest absolute Gasteiger partial charge is 0.487 e. The summed E-state index contributed by atoms with van der Waals surface area (Å²) < 4.78 is 53.6. The van der Waals surface area contributed by atoms with Gasteiger partial charge in [-0.05, 0) is 43.3 Å². The Morgan fingerprint density at radius 3 is 2.31 bits per heavy atom. The summed E-state index contributed by atoms with van der Waals surface area (Å²) in [6.45, 7) is 0.157. The molecule has 0 saturated heterocycles. The molecule has 0 aliphatic carbocycles. The van der Waals surface area contributed by atoms with Gasteiger partial charge in [-0.15, -0.1) is 0 Å². The molecule has 5 nitrogen and oxygen atoms in total. The van der Waals surface area contributed by atoms with Gasteiger partial charge in [0.25, 0.3) is 0 Å². The average Bonchev–Trinajstić information content (AvgIpc) is 2.70. The Morgan fingerprint density at radius 1 is 0.969 bits per heavy atom. The van der Waals surface area contributed by atoms with Crippen LogP contribution in [0, 0.1) is 18.3 Å². The minimum atomic E-state index is -4.44. The molecule has 10 heteroatoms. The maximum Gasteiger partial charge on any atom is 0.422 e. The smallest absolute Gasteiger partial charge is 0.422 e. The van der Waals surface area contributed by atoms with Crippen molar-refractivity contribution >= 4 is 23.2 Å². The molecule has 1 aromatic heterocycles. The van der Waals surface area contributed by atoms with E-state index in [4.69, 9.17) is 42.7 Å². The zero-order chi connectivity index (χ0) is 23.3. The molecule has 0 amide bonds. The summed E-state index contributed by atoms with van der Waals surface area (Å²) >= 11 is 12.1. The third-order valence-corrected chi connectivity index (χ3v) is 4.54. The van der Waals surface area contributed by atoms with Crippen LogP contribution in [0.15, 0.2) is 48.7 Å². The van der Waals surface area contributed by atoms with Gasteiger partial charge in [-0.25, -0.2) is 0 Å². The predicted octanol–water partition coefficient (Wildman–Crippen LogP) is 6.88. The Hall–Kier alpha value is -3.15. The summed E-state index contributed by atoms with van der Waals surface area (Å²) in [7, 11) is 0. The molecule has 0 bridgehead atoms. The second-order valence-corrected chi connectivity index (χ2v) is 7.46. The Kier molecular flexibility index (Phi) is 7.33. The maximum atomic E-state index is 12.4. The summed E-state index contributed by atoms with van der Waals surface area (Å²) in [5, 5.41) is 9.72. The van der Waals surface area contributed by atoms with Gasteiger partial charge in [-0.3, -0.25) is 4.98 Å². The lowest BCUT2D eigenvalue weighted by Crippen LogP contribution is -2.20. The first-order chi connectivity index (χ1) is 15.1. The Bertz CT molecular complexity index is 1160. The van der Waals surface area contributed by atoms with Crippen LogP contribution in [0.4, 0.5) is 13.2 Å². The minimum absolute atomic E-state index is 0.0371. The summed E-state index contributed by atoms with van der Waals surface area (Å²) in [6, 6.07) is 12.6. The molecule has 1 heterocycles. The highest BCUT2D eigenvalue weighted by Gasteiger charge is 2.28. The highest BCUT2D eigenvalue weighted by Crippen LogP contribution is 2.32. The fourth-order valence-corrected chi connectivity index (χ4v) is 3.11. The third-order valence-electron chi connectivity index (χ3n) is 4.11. The molecule has 0 unspecified atom stereocenters. The van der Waals surface area contributed by atoms with E-state index < -0.39 is 12.8 Å². The molecule has 3 rings (SSSR count). The lowest BCUT2D eigenvalue weighted by molar-refractivity contribution is -0.153. The number of nitrogens with zero attached hydrogens (tertiary/aromatic N) is 2. The minimum Gasteiger partial charge on any atom is -0.487 e. The van der Waals surface area contributed by atoms with Crippen molar-refractivity contribution in [1.29, 1.82) is 5.26 Å². The molecular formula is C22H15Cl2F3N2O3. The standard InChI is InChI=1S/C22H15Cl2F3N2O3/c1-13-20(29-3-2-21(13)31-12-22(25,26)27)11-30-17-6-16(24)8-19(9-17)32-18-5-14(10-28)4-15(23)7-18/h2-9H,11-12H2,1H3. The van der Waals surface area contributed by atoms with Gasteiger partial charge >= 0.3 is 6.18 Å². The van der Waals surface area contributed by atoms with Crippen LogP contribution >= 0.6 is 23.2 Å². The van der Waals surface area contributed by atoms with Crippen molar-refractivity contribution in [1.82, 2.24) is 4.98 Å². The van der Waals surface area contributed by atoms with Crippen molar-refractivity contribution in [3.8, 4) is 29.1 Å². The Morgan fingerprint density at radius 2 is 1.62 bits per heavy atom. The number of rotatable bonds is 7. The van der Waals surface area contributed by atoms with Crippen LogP contribution < -0.4 is 14.2 Å². The van der Waals surface area contributed by atoms with Crippen LogP contribution in [0.25, 0.3) is 0 Å². The molecule has 0 aliphatic rings. The highest BCUT2D eigenvalue weighted by molar-refractivity contribution is 6.31. The molecule has 0 atom stereocenters. The fraction of sp³-hybridized carbons (Fsp3) is 0.182. The van der Waals surface area contributed by atoms with Gasteiger partial charge in [0, 0.05) is 27.9 Å². The van der Waals surface area contributed by atoms with Crippen LogP contribution in [0.2, 0.25) is 10.0 Å². The SMILES string of the molecule is Cc1c(OCC(F)(F)F)ccnc1COc1cc(Cl)cc(Oc2cc(Cl)cc(C#N)c2)c1. The topological polar surface area (TPSA) is 64.4 Å². The van der Waals surface area contributed by atoms with Crippen LogP contribution in [0.5, 0.6) is 23.0 Å². The van der Waals surface area contributed by atoms with Crippen molar-refractivity contribution in [2.24, 2.45) is 0 Å². The van der Waals surface area contributed by atoms with Crippen molar-refractivity contribution in [3.05, 3.63) is 75.5 Å². The molecule has 32 heavy (non-hydrogen) atoms. The van der Waals surface area contributed by atoms with Gasteiger partial charge in [0.05, 0.1) is 17.3 Å². The molecule has 0 saturated carbocycles. The van der Waals surface area contributed by atoms with Crippen molar-refractivity contribution in [2.75, 3.05) is 6.61 Å². The van der Waals surface area contributed by atoms with Crippen LogP contribution in [0.1, 0.15) is 16.8 Å². The van der Waals surface area contributed by atoms with Gasteiger partial charge in [0.15, 0.2) is 6.61 Å². The van der Waals surface area contributed by atoms with Crippen molar-refractivity contribution < 1.29 is 27.4 Å². The number of hydrogen-bond acceptors (Lipinski definition) is 5. The summed E-state index contributed by atoms with van der Waals surface area (Å²) in [5.74, 6) is 1.10. The van der Waals surface area contributed by atoms with Crippen LogP contribution in [0.3, 0.4) is 0 Å². The van der Waals surface area contributed by atoms with E-state index in [9.17, 15) is 13.2 Å². The number of halogens is 5. The van der Waals surface area contributed by atoms with E-state index in [1.54, 1.807) is 31.2 Å². The maximum absolute atomic E-state index is 12.4. The monoisotopic (exact) mass is 482 g/mol. The Labute approximate surface area is 191 Å². The molecule has 0 N–H and O–H groups in total. The predicted molar refractivity (Wildman–Crippen MR) is 113 cm³/mol. The molecule has 0 aliphatic heterocycles. The second kappa shape index (κ2) is 9.98. The molecule has 0 spiro atoms. The van der Waals surface area contributed by atoms with Crippen LogP contribution in [-0.4, -0.2) is 17.8 Å². The number of aromatic nitrogens is 1. The van der Waals surface area contributed by atoms with E-state index in [1.807, 2.05) is 6.07 Å². The van der Waals surface area contributed by atoms with Gasteiger partial charge in [-0.2, -0.15) is 18.4 Å². The van der Waals surface area contributed by atoms with E-state index >= 15 is 0 Å². The first-order valence-electron chi connectivity index (χ1n) is 9.09. The lowest BCUT2D eigenvalue weighted by Gasteiger charge is -2.14. The van der Waals surface area contributed by atoms with E-state index in [0.29, 0.717) is 44.1 Å². The average molecular weight is 483 g/mol. The van der Waals surface area contributed by atoms with E-state index in [-0.39, 0.29) is 12.4 Å². The number of ether oxygens (including phenoxy) is 3. The van der Waals surface area contributed by atoms with Gasteiger partial charge in [0.2, 0.25) is 0 Å². The van der Waals surface area contributed by atoms with Crippen molar-refractivity contribution in [2.45, 2.75) is 19.7 Å². The number of nitriles is 1. The first kappa shape index (κ1) is 23.5. The highest BCUT2D eigenvalue weighted by atomic mass is 35.5.